The van der Waals surface area contributed by atoms with Crippen molar-refractivity contribution in [2.75, 3.05) is 20.6 Å². The standard InChI is InChI=1S/C21H25ClN4O3S/c1-4-20-18(13-26(24-20)30(28,29)25(2)3)17-7-5-6-8-19(17)21(27,14-23)15-9-11-16(22)12-10-15/h5-13,27H,4,14,23H2,1-3H3. The van der Waals surface area contributed by atoms with E-state index in [1.165, 1.54) is 20.3 Å². The summed E-state index contributed by atoms with van der Waals surface area (Å²) in [5, 5.41) is 16.4. The van der Waals surface area contributed by atoms with Gasteiger partial charge in [-0.2, -0.15) is 21.9 Å². The van der Waals surface area contributed by atoms with Gasteiger partial charge in [-0.05, 0) is 35.2 Å². The molecular weight excluding hydrogens is 424 g/mol. The van der Waals surface area contributed by atoms with E-state index in [1.807, 2.05) is 25.1 Å². The van der Waals surface area contributed by atoms with Crippen LogP contribution in [0.1, 0.15) is 23.7 Å². The van der Waals surface area contributed by atoms with E-state index in [1.54, 1.807) is 30.3 Å². The molecule has 7 nitrogen and oxygen atoms in total. The molecule has 0 saturated heterocycles. The van der Waals surface area contributed by atoms with Gasteiger partial charge in [0.25, 0.3) is 0 Å². The van der Waals surface area contributed by atoms with Gasteiger partial charge in [-0.1, -0.05) is 54.9 Å². The molecular formula is C21H25ClN4O3S. The summed E-state index contributed by atoms with van der Waals surface area (Å²) >= 11 is 6.00. The third kappa shape index (κ3) is 3.89. The van der Waals surface area contributed by atoms with Crippen LogP contribution in [0.25, 0.3) is 11.1 Å². The summed E-state index contributed by atoms with van der Waals surface area (Å²) in [6.07, 6.45) is 1.99. The third-order valence-electron chi connectivity index (χ3n) is 5.08. The minimum absolute atomic E-state index is 0.0722. The number of benzene rings is 2. The van der Waals surface area contributed by atoms with Gasteiger partial charge in [-0.15, -0.1) is 0 Å². The highest BCUT2D eigenvalue weighted by molar-refractivity contribution is 7.87. The summed E-state index contributed by atoms with van der Waals surface area (Å²) in [5.74, 6) is 0. The molecule has 1 aromatic heterocycles. The smallest absolute Gasteiger partial charge is 0.322 e. The predicted octanol–water partition coefficient (Wildman–Crippen LogP) is 2.62. The van der Waals surface area contributed by atoms with Crippen LogP contribution in [0.4, 0.5) is 0 Å². The fourth-order valence-electron chi connectivity index (χ4n) is 3.35. The van der Waals surface area contributed by atoms with Crippen molar-refractivity contribution in [1.29, 1.82) is 0 Å². The van der Waals surface area contributed by atoms with Gasteiger partial charge in [-0.25, -0.2) is 0 Å². The highest BCUT2D eigenvalue weighted by Crippen LogP contribution is 2.37. The zero-order valence-electron chi connectivity index (χ0n) is 17.1. The Bertz CT molecular complexity index is 1140. The van der Waals surface area contributed by atoms with Crippen LogP contribution in [0.2, 0.25) is 5.02 Å². The summed E-state index contributed by atoms with van der Waals surface area (Å²) in [4.78, 5) is 0. The van der Waals surface area contributed by atoms with Gasteiger partial charge in [-0.3, -0.25) is 0 Å². The Hall–Kier alpha value is -2.23. The van der Waals surface area contributed by atoms with E-state index in [-0.39, 0.29) is 6.54 Å². The molecule has 9 heteroatoms. The number of halogens is 1. The van der Waals surface area contributed by atoms with Gasteiger partial charge in [0.05, 0.1) is 11.9 Å². The van der Waals surface area contributed by atoms with Crippen molar-refractivity contribution in [3.8, 4) is 11.1 Å². The molecule has 0 radical (unpaired) electrons. The fraction of sp³-hybridized carbons (Fsp3) is 0.286. The Kier molecular flexibility index (Phi) is 6.35. The maximum atomic E-state index is 12.6. The summed E-state index contributed by atoms with van der Waals surface area (Å²) in [6.45, 7) is 1.83. The summed E-state index contributed by atoms with van der Waals surface area (Å²) < 4.78 is 27.2. The van der Waals surface area contributed by atoms with Gasteiger partial charge in [0.2, 0.25) is 0 Å². The zero-order chi connectivity index (χ0) is 22.1. The third-order valence-corrected chi connectivity index (χ3v) is 6.92. The van der Waals surface area contributed by atoms with Crippen LogP contribution in [-0.2, 0) is 22.2 Å². The topological polar surface area (TPSA) is 101 Å². The largest absolute Gasteiger partial charge is 0.379 e. The molecule has 0 spiro atoms. The summed E-state index contributed by atoms with van der Waals surface area (Å²) in [7, 11) is -0.874. The maximum Gasteiger partial charge on any atom is 0.322 e. The lowest BCUT2D eigenvalue weighted by molar-refractivity contribution is 0.0908. The van der Waals surface area contributed by atoms with E-state index >= 15 is 0 Å². The molecule has 160 valence electrons. The normalized spacial score (nSPS) is 14.1. The van der Waals surface area contributed by atoms with E-state index in [9.17, 15) is 13.5 Å². The van der Waals surface area contributed by atoms with Crippen molar-refractivity contribution < 1.29 is 13.5 Å². The number of hydrogen-bond acceptors (Lipinski definition) is 5. The Labute approximate surface area is 181 Å². The molecule has 3 rings (SSSR count). The van der Waals surface area contributed by atoms with Crippen molar-refractivity contribution in [2.45, 2.75) is 18.9 Å². The summed E-state index contributed by atoms with van der Waals surface area (Å²) in [5.41, 5.74) is 7.58. The number of aromatic nitrogens is 2. The molecule has 30 heavy (non-hydrogen) atoms. The highest BCUT2D eigenvalue weighted by Gasteiger charge is 2.33. The van der Waals surface area contributed by atoms with Crippen LogP contribution in [-0.4, -0.2) is 47.7 Å². The lowest BCUT2D eigenvalue weighted by atomic mass is 9.82. The molecule has 2 aromatic carbocycles. The zero-order valence-corrected chi connectivity index (χ0v) is 18.7. The lowest BCUT2D eigenvalue weighted by Crippen LogP contribution is -2.36. The van der Waals surface area contributed by atoms with Gasteiger partial charge in [0.15, 0.2) is 0 Å². The maximum absolute atomic E-state index is 12.6. The second kappa shape index (κ2) is 8.49. The number of hydrogen-bond donors (Lipinski definition) is 2. The van der Waals surface area contributed by atoms with Gasteiger partial charge < -0.3 is 10.8 Å². The molecule has 0 bridgehead atoms. The second-order valence-electron chi connectivity index (χ2n) is 7.12. The number of aliphatic hydroxyl groups is 1. The van der Waals surface area contributed by atoms with Crippen LogP contribution >= 0.6 is 11.6 Å². The minimum atomic E-state index is -3.77. The number of rotatable bonds is 7. The lowest BCUT2D eigenvalue weighted by Gasteiger charge is -2.30. The second-order valence-corrected chi connectivity index (χ2v) is 9.56. The van der Waals surface area contributed by atoms with Crippen molar-refractivity contribution >= 4 is 21.8 Å². The Morgan fingerprint density at radius 3 is 2.33 bits per heavy atom. The first-order valence-corrected chi connectivity index (χ1v) is 11.2. The van der Waals surface area contributed by atoms with E-state index in [4.69, 9.17) is 17.3 Å². The molecule has 3 N–H and O–H groups in total. The quantitative estimate of drug-likeness (QED) is 0.578. The molecule has 0 aliphatic carbocycles. The number of nitrogens with two attached hydrogens (primary N) is 1. The van der Waals surface area contributed by atoms with Crippen LogP contribution in [0.15, 0.2) is 54.7 Å². The summed E-state index contributed by atoms with van der Waals surface area (Å²) in [6, 6.07) is 14.1. The van der Waals surface area contributed by atoms with Crippen LogP contribution in [0.3, 0.4) is 0 Å². The van der Waals surface area contributed by atoms with Gasteiger partial charge >= 0.3 is 10.2 Å². The Balaban J connectivity index is 2.23. The fourth-order valence-corrected chi connectivity index (χ4v) is 4.25. The molecule has 3 aromatic rings. The average molecular weight is 449 g/mol. The van der Waals surface area contributed by atoms with Crippen molar-refractivity contribution in [3.05, 3.63) is 76.6 Å². The highest BCUT2D eigenvalue weighted by atomic mass is 35.5. The minimum Gasteiger partial charge on any atom is -0.379 e. The molecule has 0 saturated carbocycles. The van der Waals surface area contributed by atoms with Crippen LogP contribution in [0.5, 0.6) is 0 Å². The average Bonchev–Trinajstić information content (AvgIpc) is 3.18. The van der Waals surface area contributed by atoms with E-state index < -0.39 is 15.8 Å². The Morgan fingerprint density at radius 1 is 1.13 bits per heavy atom. The SMILES string of the molecule is CCc1nn(S(=O)(=O)N(C)C)cc1-c1ccccc1C(O)(CN)c1ccc(Cl)cc1. The van der Waals surface area contributed by atoms with E-state index in [0.717, 1.165) is 8.39 Å². The predicted molar refractivity (Wildman–Crippen MR) is 119 cm³/mol. The van der Waals surface area contributed by atoms with Crippen molar-refractivity contribution in [3.63, 3.8) is 0 Å². The molecule has 0 fully saturated rings. The first kappa shape index (κ1) is 22.5. The molecule has 1 heterocycles. The van der Waals surface area contributed by atoms with Crippen molar-refractivity contribution in [2.24, 2.45) is 5.73 Å². The molecule has 1 atom stereocenters. The van der Waals surface area contributed by atoms with E-state index in [0.29, 0.717) is 39.4 Å². The molecule has 0 aliphatic heterocycles. The van der Waals surface area contributed by atoms with Gasteiger partial charge in [0.1, 0.15) is 5.60 Å². The van der Waals surface area contributed by atoms with Gasteiger partial charge in [0, 0.05) is 31.2 Å². The van der Waals surface area contributed by atoms with Crippen LogP contribution in [0, 0.1) is 0 Å². The molecule has 0 amide bonds. The Morgan fingerprint density at radius 2 is 1.77 bits per heavy atom. The molecule has 0 aliphatic rings. The monoisotopic (exact) mass is 448 g/mol. The number of nitrogens with zero attached hydrogens (tertiary/aromatic N) is 3. The van der Waals surface area contributed by atoms with Crippen LogP contribution < -0.4 is 5.73 Å². The molecule has 1 unspecified atom stereocenters. The van der Waals surface area contributed by atoms with E-state index in [2.05, 4.69) is 5.10 Å². The van der Waals surface area contributed by atoms with Crippen molar-refractivity contribution in [1.82, 2.24) is 13.5 Å². The first-order valence-electron chi connectivity index (χ1n) is 9.45. The number of aryl methyl sites for hydroxylation is 1. The first-order chi connectivity index (χ1) is 14.1.